The minimum atomic E-state index is -1.65. The van der Waals surface area contributed by atoms with Gasteiger partial charge < -0.3 is 5.11 Å². The van der Waals surface area contributed by atoms with Crippen molar-refractivity contribution in [3.63, 3.8) is 0 Å². The van der Waals surface area contributed by atoms with Crippen LogP contribution in [0.5, 0.6) is 0 Å². The summed E-state index contributed by atoms with van der Waals surface area (Å²) >= 11 is 0. The zero-order valence-corrected chi connectivity index (χ0v) is 12.3. The number of aliphatic hydroxyl groups excluding tert-OH is 1. The topological polar surface area (TPSA) is 20.2 Å². The smallest absolute Gasteiger partial charge is 0.157 e. The number of hydrogen-bond donors (Lipinski definition) is 1. The van der Waals surface area contributed by atoms with Gasteiger partial charge in [0.05, 0.1) is 6.10 Å². The number of halogens is 2. The van der Waals surface area contributed by atoms with E-state index in [1.165, 1.54) is 38.5 Å². The zero-order valence-electron chi connectivity index (χ0n) is 12.3. The molecule has 0 heterocycles. The minimum absolute atomic E-state index is 0.141. The Bertz CT molecular complexity index is 308. The summed E-state index contributed by atoms with van der Waals surface area (Å²) in [7, 11) is 0. The van der Waals surface area contributed by atoms with Gasteiger partial charge in [0.25, 0.3) is 0 Å². The molecule has 0 aliphatic heterocycles. The molecule has 3 rings (SSSR count). The molecule has 20 heavy (non-hydrogen) atoms. The van der Waals surface area contributed by atoms with E-state index in [1.807, 2.05) is 0 Å². The minimum Gasteiger partial charge on any atom is -0.390 e. The van der Waals surface area contributed by atoms with Crippen molar-refractivity contribution in [2.75, 3.05) is 0 Å². The van der Waals surface area contributed by atoms with Crippen molar-refractivity contribution in [2.24, 2.45) is 23.7 Å². The van der Waals surface area contributed by atoms with Crippen LogP contribution in [0.2, 0.25) is 0 Å². The summed E-state index contributed by atoms with van der Waals surface area (Å²) in [5.41, 5.74) is 0. The summed E-state index contributed by atoms with van der Waals surface area (Å²) < 4.78 is 27.8. The van der Waals surface area contributed by atoms with Gasteiger partial charge in [0, 0.05) is 0 Å². The summed E-state index contributed by atoms with van der Waals surface area (Å²) in [5.74, 6) is 1.98. The van der Waals surface area contributed by atoms with Crippen LogP contribution in [0.4, 0.5) is 8.78 Å². The molecule has 116 valence electrons. The molecule has 4 atom stereocenters. The van der Waals surface area contributed by atoms with Crippen LogP contribution < -0.4 is 0 Å². The van der Waals surface area contributed by atoms with Crippen LogP contribution >= 0.6 is 0 Å². The highest BCUT2D eigenvalue weighted by Crippen LogP contribution is 2.46. The Morgan fingerprint density at radius 3 is 1.80 bits per heavy atom. The fourth-order valence-corrected chi connectivity index (χ4v) is 5.10. The number of rotatable bonds is 2. The molecule has 0 radical (unpaired) electrons. The molecule has 3 aliphatic rings. The van der Waals surface area contributed by atoms with Crippen molar-refractivity contribution in [1.82, 2.24) is 0 Å². The van der Waals surface area contributed by atoms with Gasteiger partial charge in [-0.3, -0.25) is 0 Å². The fourth-order valence-electron chi connectivity index (χ4n) is 5.10. The van der Waals surface area contributed by atoms with Gasteiger partial charge in [-0.1, -0.05) is 25.7 Å². The quantitative estimate of drug-likeness (QED) is 0.796. The molecule has 1 nitrogen and oxygen atoms in total. The summed E-state index contributed by atoms with van der Waals surface area (Å²) in [5, 5.41) is 9.43. The first-order chi connectivity index (χ1) is 9.66. The second-order valence-electron chi connectivity index (χ2n) is 7.42. The van der Waals surface area contributed by atoms with Gasteiger partial charge >= 0.3 is 0 Å². The first-order valence-corrected chi connectivity index (χ1v) is 8.63. The van der Waals surface area contributed by atoms with E-state index >= 15 is 0 Å². The highest BCUT2D eigenvalue weighted by molar-refractivity contribution is 4.93. The molecule has 3 saturated carbocycles. The van der Waals surface area contributed by atoms with Crippen molar-refractivity contribution in [3.8, 4) is 0 Å². The SMILES string of the molecule is OC1CCC(C2CCC(C3CCCC3)CC2)C(F)C1F. The lowest BCUT2D eigenvalue weighted by atomic mass is 9.67. The number of hydrogen-bond acceptors (Lipinski definition) is 1. The van der Waals surface area contributed by atoms with Gasteiger partial charge in [-0.05, 0) is 62.2 Å². The zero-order chi connectivity index (χ0) is 14.1. The maximum atomic E-state index is 14.1. The van der Waals surface area contributed by atoms with Gasteiger partial charge in [0.2, 0.25) is 0 Å². The molecule has 3 heteroatoms. The van der Waals surface area contributed by atoms with E-state index in [4.69, 9.17) is 0 Å². The largest absolute Gasteiger partial charge is 0.390 e. The molecule has 1 N–H and O–H groups in total. The third kappa shape index (κ3) is 2.88. The van der Waals surface area contributed by atoms with Crippen molar-refractivity contribution in [1.29, 1.82) is 0 Å². The van der Waals surface area contributed by atoms with Gasteiger partial charge in [0.1, 0.15) is 6.17 Å². The molecule has 0 amide bonds. The average molecular weight is 286 g/mol. The molecule has 3 fully saturated rings. The van der Waals surface area contributed by atoms with Gasteiger partial charge in [-0.15, -0.1) is 0 Å². The van der Waals surface area contributed by atoms with Crippen molar-refractivity contribution in [2.45, 2.75) is 82.7 Å². The lowest BCUT2D eigenvalue weighted by Gasteiger charge is -2.41. The summed E-state index contributed by atoms with van der Waals surface area (Å²) in [4.78, 5) is 0. The molecule has 0 aromatic carbocycles. The third-order valence-electron chi connectivity index (χ3n) is 6.37. The molecule has 4 unspecified atom stereocenters. The van der Waals surface area contributed by atoms with Crippen molar-refractivity contribution < 1.29 is 13.9 Å². The molecular formula is C17H28F2O. The Morgan fingerprint density at radius 2 is 1.15 bits per heavy atom. The van der Waals surface area contributed by atoms with E-state index in [1.54, 1.807) is 0 Å². The highest BCUT2D eigenvalue weighted by Gasteiger charge is 2.44. The predicted molar refractivity (Wildman–Crippen MR) is 75.9 cm³/mol. The number of alkyl halides is 2. The van der Waals surface area contributed by atoms with Crippen LogP contribution in [0.1, 0.15) is 64.2 Å². The van der Waals surface area contributed by atoms with Crippen LogP contribution in [-0.2, 0) is 0 Å². The Balaban J connectivity index is 1.52. The molecule has 0 saturated heterocycles. The lowest BCUT2D eigenvalue weighted by molar-refractivity contribution is -0.0556. The molecule has 3 aliphatic carbocycles. The normalized spacial score (nSPS) is 47.5. The number of aliphatic hydroxyl groups is 1. The molecule has 0 aromatic rings. The van der Waals surface area contributed by atoms with E-state index in [0.29, 0.717) is 18.8 Å². The first kappa shape index (κ1) is 14.7. The van der Waals surface area contributed by atoms with E-state index in [-0.39, 0.29) is 5.92 Å². The van der Waals surface area contributed by atoms with Crippen molar-refractivity contribution in [3.05, 3.63) is 0 Å². The van der Waals surface area contributed by atoms with E-state index in [0.717, 1.165) is 24.7 Å². The maximum Gasteiger partial charge on any atom is 0.157 e. The Morgan fingerprint density at radius 1 is 0.600 bits per heavy atom. The predicted octanol–water partition coefficient (Wildman–Crippen LogP) is 4.43. The van der Waals surface area contributed by atoms with Crippen molar-refractivity contribution >= 4 is 0 Å². The molecule has 0 bridgehead atoms. The standard InChI is InChI=1S/C17H28F2O/c18-16-14(9-10-15(20)17(16)19)13-7-5-12(6-8-13)11-3-1-2-4-11/h11-17,20H,1-10H2. The first-order valence-electron chi connectivity index (χ1n) is 8.63. The third-order valence-corrected chi connectivity index (χ3v) is 6.37. The second kappa shape index (κ2) is 6.29. The summed E-state index contributed by atoms with van der Waals surface area (Å²) in [6.07, 6.45) is 7.11. The van der Waals surface area contributed by atoms with Crippen LogP contribution in [-0.4, -0.2) is 23.6 Å². The highest BCUT2D eigenvalue weighted by atomic mass is 19.2. The van der Waals surface area contributed by atoms with Crippen LogP contribution in [0, 0.1) is 23.7 Å². The fraction of sp³-hybridized carbons (Fsp3) is 1.00. The monoisotopic (exact) mass is 286 g/mol. The Kier molecular flexibility index (Phi) is 4.64. The average Bonchev–Trinajstić information content (AvgIpc) is 3.00. The Hall–Kier alpha value is -0.180. The van der Waals surface area contributed by atoms with Gasteiger partial charge in [-0.2, -0.15) is 0 Å². The summed E-state index contributed by atoms with van der Waals surface area (Å²) in [6, 6.07) is 0. The Labute approximate surface area is 121 Å². The van der Waals surface area contributed by atoms with E-state index < -0.39 is 18.4 Å². The second-order valence-corrected chi connectivity index (χ2v) is 7.42. The van der Waals surface area contributed by atoms with Gasteiger partial charge in [-0.25, -0.2) is 8.78 Å². The summed E-state index contributed by atoms with van der Waals surface area (Å²) in [6.45, 7) is 0. The lowest BCUT2D eigenvalue weighted by Crippen LogP contribution is -2.44. The van der Waals surface area contributed by atoms with E-state index in [9.17, 15) is 13.9 Å². The van der Waals surface area contributed by atoms with E-state index in [2.05, 4.69) is 0 Å². The molecular weight excluding hydrogens is 258 g/mol. The van der Waals surface area contributed by atoms with Crippen LogP contribution in [0.3, 0.4) is 0 Å². The maximum absolute atomic E-state index is 14.1. The van der Waals surface area contributed by atoms with Crippen LogP contribution in [0.15, 0.2) is 0 Å². The molecule has 0 spiro atoms. The molecule has 0 aromatic heterocycles. The van der Waals surface area contributed by atoms with Crippen LogP contribution in [0.25, 0.3) is 0 Å². The van der Waals surface area contributed by atoms with Gasteiger partial charge in [0.15, 0.2) is 6.17 Å².